The minimum atomic E-state index is -0.997. The van der Waals surface area contributed by atoms with Crippen LogP contribution in [0.3, 0.4) is 0 Å². The average molecular weight is 414 g/mol. The van der Waals surface area contributed by atoms with Gasteiger partial charge in [-0.05, 0) is 29.8 Å². The Labute approximate surface area is 171 Å². The summed E-state index contributed by atoms with van der Waals surface area (Å²) < 4.78 is 13.5. The first-order chi connectivity index (χ1) is 14.3. The van der Waals surface area contributed by atoms with Gasteiger partial charge < -0.3 is 15.5 Å². The molecule has 0 bridgehead atoms. The highest BCUT2D eigenvalue weighted by Gasteiger charge is 2.35. The summed E-state index contributed by atoms with van der Waals surface area (Å²) in [6.07, 6.45) is -0.0602. The first-order valence-electron chi connectivity index (χ1n) is 9.13. The van der Waals surface area contributed by atoms with Crippen LogP contribution in [-0.4, -0.2) is 36.2 Å². The van der Waals surface area contributed by atoms with Crippen LogP contribution in [0.5, 0.6) is 0 Å². The first-order valence-corrected chi connectivity index (χ1v) is 9.13. The fourth-order valence-electron chi connectivity index (χ4n) is 3.24. The molecular formula is C20H19FN4O5. The van der Waals surface area contributed by atoms with E-state index in [1.807, 2.05) is 0 Å². The van der Waals surface area contributed by atoms with Gasteiger partial charge in [-0.15, -0.1) is 0 Å². The largest absolute Gasteiger partial charge is 0.355 e. The summed E-state index contributed by atoms with van der Waals surface area (Å²) >= 11 is 0. The van der Waals surface area contributed by atoms with E-state index < -0.39 is 22.3 Å². The van der Waals surface area contributed by atoms with Gasteiger partial charge in [0.1, 0.15) is 0 Å². The Morgan fingerprint density at radius 3 is 2.73 bits per heavy atom. The second-order valence-electron chi connectivity index (χ2n) is 6.80. The van der Waals surface area contributed by atoms with E-state index in [1.165, 1.54) is 18.0 Å². The van der Waals surface area contributed by atoms with Gasteiger partial charge >= 0.3 is 5.69 Å². The number of amides is 3. The van der Waals surface area contributed by atoms with Gasteiger partial charge in [0, 0.05) is 38.2 Å². The first kappa shape index (κ1) is 20.9. The SMILES string of the molecule is CNC(=O)c1cccc(CNC(=O)C2CC(=O)N(c3ccc(F)c([N+](=O)[O-])c3)C2)c1. The Kier molecular flexibility index (Phi) is 6.05. The van der Waals surface area contributed by atoms with E-state index in [4.69, 9.17) is 0 Å². The number of carbonyl (C=O) groups excluding carboxylic acids is 3. The maximum Gasteiger partial charge on any atom is 0.306 e. The molecule has 0 aliphatic carbocycles. The van der Waals surface area contributed by atoms with Crippen molar-refractivity contribution in [3.63, 3.8) is 0 Å². The monoisotopic (exact) mass is 414 g/mol. The molecule has 2 aromatic rings. The van der Waals surface area contributed by atoms with E-state index >= 15 is 0 Å². The van der Waals surface area contributed by atoms with Crippen LogP contribution < -0.4 is 15.5 Å². The zero-order valence-corrected chi connectivity index (χ0v) is 16.1. The van der Waals surface area contributed by atoms with Crippen molar-refractivity contribution in [2.24, 2.45) is 5.92 Å². The summed E-state index contributed by atoms with van der Waals surface area (Å²) in [4.78, 5) is 47.8. The number of halogens is 1. The molecule has 10 heteroatoms. The molecule has 3 amide bonds. The van der Waals surface area contributed by atoms with E-state index in [2.05, 4.69) is 10.6 Å². The molecule has 1 fully saturated rings. The quantitative estimate of drug-likeness (QED) is 0.551. The highest BCUT2D eigenvalue weighted by Crippen LogP contribution is 2.29. The highest BCUT2D eigenvalue weighted by atomic mass is 19.1. The summed E-state index contributed by atoms with van der Waals surface area (Å²) in [5.41, 5.74) is 0.620. The van der Waals surface area contributed by atoms with Crippen molar-refractivity contribution in [2.75, 3.05) is 18.5 Å². The number of anilines is 1. The maximum atomic E-state index is 13.5. The maximum absolute atomic E-state index is 13.5. The fourth-order valence-corrected chi connectivity index (χ4v) is 3.24. The smallest absolute Gasteiger partial charge is 0.306 e. The van der Waals surface area contributed by atoms with E-state index in [9.17, 15) is 28.9 Å². The third-order valence-corrected chi connectivity index (χ3v) is 4.82. The van der Waals surface area contributed by atoms with Gasteiger partial charge in [-0.2, -0.15) is 4.39 Å². The topological polar surface area (TPSA) is 122 Å². The van der Waals surface area contributed by atoms with Crippen LogP contribution in [-0.2, 0) is 16.1 Å². The Morgan fingerprint density at radius 2 is 2.03 bits per heavy atom. The molecule has 0 aromatic heterocycles. The van der Waals surface area contributed by atoms with Gasteiger partial charge in [0.05, 0.1) is 16.5 Å². The standard InChI is InChI=1S/C20H19FN4O5/c1-22-19(27)13-4-2-3-12(7-13)10-23-20(28)14-8-18(26)24(11-14)15-5-6-16(21)17(9-15)25(29)30/h2-7,9,14H,8,10-11H2,1H3,(H,22,27)(H,23,28). The minimum Gasteiger partial charge on any atom is -0.355 e. The number of nitrogens with zero attached hydrogens (tertiary/aromatic N) is 2. The predicted octanol–water partition coefficient (Wildman–Crippen LogP) is 1.76. The van der Waals surface area contributed by atoms with Crippen LogP contribution in [0.15, 0.2) is 42.5 Å². The van der Waals surface area contributed by atoms with Gasteiger partial charge in [-0.3, -0.25) is 24.5 Å². The number of hydrogen-bond donors (Lipinski definition) is 2. The third-order valence-electron chi connectivity index (χ3n) is 4.82. The van der Waals surface area contributed by atoms with Gasteiger partial charge in [0.25, 0.3) is 5.91 Å². The number of nitrogens with one attached hydrogen (secondary N) is 2. The summed E-state index contributed by atoms with van der Waals surface area (Å²) in [5.74, 6) is -2.62. The number of benzene rings is 2. The number of rotatable bonds is 6. The van der Waals surface area contributed by atoms with Crippen molar-refractivity contribution in [2.45, 2.75) is 13.0 Å². The fraction of sp³-hybridized carbons (Fsp3) is 0.250. The van der Waals surface area contributed by atoms with Crippen LogP contribution in [0.25, 0.3) is 0 Å². The summed E-state index contributed by atoms with van der Waals surface area (Å²) in [6.45, 7) is 0.210. The molecule has 1 unspecified atom stereocenters. The Balaban J connectivity index is 1.65. The Morgan fingerprint density at radius 1 is 1.27 bits per heavy atom. The molecule has 1 aliphatic rings. The molecule has 2 N–H and O–H groups in total. The number of nitro benzene ring substituents is 1. The minimum absolute atomic E-state index is 0.0335. The van der Waals surface area contributed by atoms with E-state index in [0.717, 1.165) is 17.7 Å². The number of nitro groups is 1. The van der Waals surface area contributed by atoms with Crippen molar-refractivity contribution in [3.8, 4) is 0 Å². The van der Waals surface area contributed by atoms with Gasteiger partial charge in [-0.25, -0.2) is 0 Å². The van der Waals surface area contributed by atoms with Crippen molar-refractivity contribution in [1.82, 2.24) is 10.6 Å². The lowest BCUT2D eigenvalue weighted by molar-refractivity contribution is -0.387. The molecule has 0 radical (unpaired) electrons. The summed E-state index contributed by atoms with van der Waals surface area (Å²) in [6, 6.07) is 9.95. The van der Waals surface area contributed by atoms with Crippen LogP contribution >= 0.6 is 0 Å². The van der Waals surface area contributed by atoms with Crippen molar-refractivity contribution >= 4 is 29.1 Å². The zero-order valence-electron chi connectivity index (χ0n) is 16.1. The molecule has 2 aromatic carbocycles. The molecule has 1 heterocycles. The third kappa shape index (κ3) is 4.43. The Hall–Kier alpha value is -3.82. The van der Waals surface area contributed by atoms with Crippen molar-refractivity contribution in [1.29, 1.82) is 0 Å². The van der Waals surface area contributed by atoms with E-state index in [1.54, 1.807) is 24.3 Å². The molecule has 156 valence electrons. The average Bonchev–Trinajstić information content (AvgIpc) is 3.13. The molecule has 0 spiro atoms. The lowest BCUT2D eigenvalue weighted by Gasteiger charge is -2.16. The van der Waals surface area contributed by atoms with Gasteiger partial charge in [0.2, 0.25) is 17.6 Å². The van der Waals surface area contributed by atoms with Crippen molar-refractivity contribution < 1.29 is 23.7 Å². The van der Waals surface area contributed by atoms with Crippen LogP contribution in [0, 0.1) is 21.8 Å². The molecule has 1 atom stereocenters. The van der Waals surface area contributed by atoms with Crippen LogP contribution in [0.1, 0.15) is 22.3 Å². The summed E-state index contributed by atoms with van der Waals surface area (Å²) in [5, 5.41) is 16.2. The summed E-state index contributed by atoms with van der Waals surface area (Å²) in [7, 11) is 1.52. The molecule has 1 aliphatic heterocycles. The van der Waals surface area contributed by atoms with Gasteiger partial charge in [0.15, 0.2) is 0 Å². The van der Waals surface area contributed by atoms with Crippen LogP contribution in [0.2, 0.25) is 0 Å². The molecule has 30 heavy (non-hydrogen) atoms. The molecular weight excluding hydrogens is 395 g/mol. The normalized spacial score (nSPS) is 15.7. The lowest BCUT2D eigenvalue weighted by Crippen LogP contribution is -2.32. The van der Waals surface area contributed by atoms with Gasteiger partial charge in [-0.1, -0.05) is 12.1 Å². The number of hydrogen-bond acceptors (Lipinski definition) is 5. The van der Waals surface area contributed by atoms with E-state index in [-0.39, 0.29) is 42.9 Å². The zero-order chi connectivity index (χ0) is 21.8. The lowest BCUT2D eigenvalue weighted by atomic mass is 10.1. The predicted molar refractivity (Wildman–Crippen MR) is 105 cm³/mol. The second-order valence-corrected chi connectivity index (χ2v) is 6.80. The van der Waals surface area contributed by atoms with E-state index in [0.29, 0.717) is 5.56 Å². The van der Waals surface area contributed by atoms with Crippen LogP contribution in [0.4, 0.5) is 15.8 Å². The molecule has 1 saturated heterocycles. The van der Waals surface area contributed by atoms with Crippen molar-refractivity contribution in [3.05, 3.63) is 69.5 Å². The molecule has 0 saturated carbocycles. The Bertz CT molecular complexity index is 1030. The molecule has 3 rings (SSSR count). The molecule has 9 nitrogen and oxygen atoms in total. The highest BCUT2D eigenvalue weighted by molar-refractivity contribution is 6.00. The second kappa shape index (κ2) is 8.68. The number of carbonyl (C=O) groups is 3.